The second-order valence-corrected chi connectivity index (χ2v) is 5.71. The van der Waals surface area contributed by atoms with Gasteiger partial charge in [0.15, 0.2) is 0 Å². The predicted molar refractivity (Wildman–Crippen MR) is 79.4 cm³/mol. The Bertz CT molecular complexity index is 400. The molecule has 0 aliphatic carbocycles. The van der Waals surface area contributed by atoms with Crippen LogP contribution in [0, 0.1) is 6.92 Å². The van der Waals surface area contributed by atoms with Crippen molar-refractivity contribution in [2.75, 3.05) is 19.6 Å². The van der Waals surface area contributed by atoms with E-state index in [-0.39, 0.29) is 0 Å². The normalized spacial score (nSPS) is 18.4. The molecule has 1 heterocycles. The third kappa shape index (κ3) is 4.22. The highest BCUT2D eigenvalue weighted by Gasteiger charge is 2.16. The van der Waals surface area contributed by atoms with E-state index < -0.39 is 0 Å². The summed E-state index contributed by atoms with van der Waals surface area (Å²) >= 11 is 0. The third-order valence-electron chi connectivity index (χ3n) is 4.00. The number of phenols is 1. The van der Waals surface area contributed by atoms with Gasteiger partial charge in [-0.3, -0.25) is 4.90 Å². The first-order valence-electron chi connectivity index (χ1n) is 7.40. The maximum Gasteiger partial charge on any atom is 0.120 e. The van der Waals surface area contributed by atoms with Gasteiger partial charge in [0.1, 0.15) is 5.75 Å². The van der Waals surface area contributed by atoms with E-state index in [2.05, 4.69) is 24.1 Å². The van der Waals surface area contributed by atoms with Gasteiger partial charge in [0.25, 0.3) is 0 Å². The van der Waals surface area contributed by atoms with E-state index in [9.17, 15) is 5.11 Å². The monoisotopic (exact) mass is 262 g/mol. The second kappa shape index (κ2) is 6.92. The molecule has 19 heavy (non-hydrogen) atoms. The molecule has 2 rings (SSSR count). The van der Waals surface area contributed by atoms with Crippen molar-refractivity contribution in [2.45, 2.75) is 45.7 Å². The molecule has 0 amide bonds. The van der Waals surface area contributed by atoms with Crippen LogP contribution in [-0.4, -0.2) is 35.7 Å². The number of hydrogen-bond acceptors (Lipinski definition) is 3. The van der Waals surface area contributed by atoms with Gasteiger partial charge in [-0.05, 0) is 45.8 Å². The topological polar surface area (TPSA) is 35.5 Å². The highest BCUT2D eigenvalue weighted by molar-refractivity contribution is 5.35. The number of phenolic OH excluding ortho intramolecular Hbond substituents is 1. The smallest absolute Gasteiger partial charge is 0.120 e. The Morgan fingerprint density at radius 2 is 2.00 bits per heavy atom. The van der Waals surface area contributed by atoms with Gasteiger partial charge in [-0.15, -0.1) is 0 Å². The predicted octanol–water partition coefficient (Wildman–Crippen LogP) is 2.66. The number of benzene rings is 1. The van der Waals surface area contributed by atoms with Crippen LogP contribution in [-0.2, 0) is 6.54 Å². The van der Waals surface area contributed by atoms with Crippen molar-refractivity contribution in [1.82, 2.24) is 10.2 Å². The van der Waals surface area contributed by atoms with Gasteiger partial charge in [-0.2, -0.15) is 0 Å². The number of aryl methyl sites for hydroxylation is 1. The van der Waals surface area contributed by atoms with Gasteiger partial charge in [0, 0.05) is 24.7 Å². The van der Waals surface area contributed by atoms with Crippen molar-refractivity contribution >= 4 is 0 Å². The molecule has 106 valence electrons. The molecular weight excluding hydrogens is 236 g/mol. The zero-order chi connectivity index (χ0) is 13.7. The van der Waals surface area contributed by atoms with Gasteiger partial charge < -0.3 is 10.4 Å². The van der Waals surface area contributed by atoms with E-state index in [1.807, 2.05) is 12.1 Å². The molecule has 0 bridgehead atoms. The fraction of sp³-hybridized carbons (Fsp3) is 0.625. The number of hydrogen-bond donors (Lipinski definition) is 2. The van der Waals surface area contributed by atoms with Crippen LogP contribution in [0.3, 0.4) is 0 Å². The van der Waals surface area contributed by atoms with Crippen LogP contribution in [0.1, 0.15) is 37.3 Å². The van der Waals surface area contributed by atoms with E-state index >= 15 is 0 Å². The lowest BCUT2D eigenvalue weighted by molar-refractivity contribution is 0.170. The molecule has 0 radical (unpaired) electrons. The summed E-state index contributed by atoms with van der Waals surface area (Å²) in [5, 5.41) is 13.3. The average Bonchev–Trinajstić information content (AvgIpc) is 2.43. The summed E-state index contributed by atoms with van der Waals surface area (Å²) in [6, 6.07) is 6.34. The number of nitrogens with one attached hydrogen (secondary N) is 1. The van der Waals surface area contributed by atoms with Gasteiger partial charge >= 0.3 is 0 Å². The lowest BCUT2D eigenvalue weighted by atomic mass is 10.1. The SMILES string of the molecule is Cc1ccc(O)c(CNCC(C)N2CCCCC2)c1. The van der Waals surface area contributed by atoms with Crippen LogP contribution >= 0.6 is 0 Å². The van der Waals surface area contributed by atoms with E-state index in [4.69, 9.17) is 0 Å². The standard InChI is InChI=1S/C16H26N2O/c1-13-6-7-16(19)15(10-13)12-17-11-14(2)18-8-4-3-5-9-18/h6-7,10,14,17,19H,3-5,8-9,11-12H2,1-2H3. The zero-order valence-electron chi connectivity index (χ0n) is 12.2. The Morgan fingerprint density at radius 3 is 2.74 bits per heavy atom. The molecule has 1 atom stereocenters. The summed E-state index contributed by atoms with van der Waals surface area (Å²) < 4.78 is 0. The minimum absolute atomic E-state index is 0.392. The molecule has 1 fully saturated rings. The minimum atomic E-state index is 0.392. The molecule has 3 heteroatoms. The van der Waals surface area contributed by atoms with Crippen molar-refractivity contribution in [3.05, 3.63) is 29.3 Å². The molecule has 1 aromatic rings. The molecule has 1 saturated heterocycles. The van der Waals surface area contributed by atoms with Crippen LogP contribution in [0.4, 0.5) is 0 Å². The molecule has 0 aromatic heterocycles. The molecule has 0 saturated carbocycles. The number of likely N-dealkylation sites (tertiary alicyclic amines) is 1. The van der Waals surface area contributed by atoms with Crippen molar-refractivity contribution < 1.29 is 5.11 Å². The lowest BCUT2D eigenvalue weighted by Gasteiger charge is -2.32. The second-order valence-electron chi connectivity index (χ2n) is 5.71. The van der Waals surface area contributed by atoms with Gasteiger partial charge in [-0.25, -0.2) is 0 Å². The summed E-state index contributed by atoms with van der Waals surface area (Å²) in [5.74, 6) is 0.392. The average molecular weight is 262 g/mol. The van der Waals surface area contributed by atoms with Gasteiger partial charge in [-0.1, -0.05) is 24.1 Å². The van der Waals surface area contributed by atoms with E-state index in [1.165, 1.54) is 37.9 Å². The summed E-state index contributed by atoms with van der Waals surface area (Å²) in [6.45, 7) is 8.53. The van der Waals surface area contributed by atoms with Crippen molar-refractivity contribution in [2.24, 2.45) is 0 Å². The Morgan fingerprint density at radius 1 is 1.26 bits per heavy atom. The fourth-order valence-electron chi connectivity index (χ4n) is 2.76. The summed E-state index contributed by atoms with van der Waals surface area (Å²) in [7, 11) is 0. The van der Waals surface area contributed by atoms with Crippen LogP contribution in [0.2, 0.25) is 0 Å². The van der Waals surface area contributed by atoms with Crippen molar-refractivity contribution in [3.63, 3.8) is 0 Å². The van der Waals surface area contributed by atoms with Crippen LogP contribution < -0.4 is 5.32 Å². The van der Waals surface area contributed by atoms with E-state index in [0.717, 1.165) is 18.7 Å². The van der Waals surface area contributed by atoms with Gasteiger partial charge in [0.05, 0.1) is 0 Å². The molecule has 3 nitrogen and oxygen atoms in total. The Kier molecular flexibility index (Phi) is 5.23. The molecule has 1 aliphatic heterocycles. The van der Waals surface area contributed by atoms with E-state index in [1.54, 1.807) is 6.07 Å². The quantitative estimate of drug-likeness (QED) is 0.856. The van der Waals surface area contributed by atoms with Crippen LogP contribution in [0.15, 0.2) is 18.2 Å². The van der Waals surface area contributed by atoms with Crippen LogP contribution in [0.5, 0.6) is 5.75 Å². The van der Waals surface area contributed by atoms with E-state index in [0.29, 0.717) is 11.8 Å². The maximum absolute atomic E-state index is 9.80. The fourth-order valence-corrected chi connectivity index (χ4v) is 2.76. The largest absolute Gasteiger partial charge is 0.508 e. The first-order valence-corrected chi connectivity index (χ1v) is 7.40. The molecule has 2 N–H and O–H groups in total. The summed E-state index contributed by atoms with van der Waals surface area (Å²) in [5.41, 5.74) is 2.18. The summed E-state index contributed by atoms with van der Waals surface area (Å²) in [4.78, 5) is 2.56. The molecule has 1 aliphatic rings. The number of nitrogens with zero attached hydrogens (tertiary/aromatic N) is 1. The number of piperidine rings is 1. The Balaban J connectivity index is 1.77. The lowest BCUT2D eigenvalue weighted by Crippen LogP contribution is -2.42. The van der Waals surface area contributed by atoms with Crippen molar-refractivity contribution in [1.29, 1.82) is 0 Å². The molecule has 1 unspecified atom stereocenters. The third-order valence-corrected chi connectivity index (χ3v) is 4.00. The molecule has 0 spiro atoms. The van der Waals surface area contributed by atoms with Crippen LogP contribution in [0.25, 0.3) is 0 Å². The van der Waals surface area contributed by atoms with Gasteiger partial charge in [0.2, 0.25) is 0 Å². The highest BCUT2D eigenvalue weighted by Crippen LogP contribution is 2.18. The molecule has 1 aromatic carbocycles. The minimum Gasteiger partial charge on any atom is -0.508 e. The first-order chi connectivity index (χ1) is 9.16. The Hall–Kier alpha value is -1.06. The summed E-state index contributed by atoms with van der Waals surface area (Å²) in [6.07, 6.45) is 4.06. The first kappa shape index (κ1) is 14.4. The highest BCUT2D eigenvalue weighted by atomic mass is 16.3. The Labute approximate surface area is 116 Å². The number of aromatic hydroxyl groups is 1. The van der Waals surface area contributed by atoms with Crippen molar-refractivity contribution in [3.8, 4) is 5.75 Å². The zero-order valence-corrected chi connectivity index (χ0v) is 12.2. The number of rotatable bonds is 5. The molecular formula is C16H26N2O. The maximum atomic E-state index is 9.80.